The molecule has 0 aromatic heterocycles. The van der Waals surface area contributed by atoms with Crippen molar-refractivity contribution in [3.05, 3.63) is 70.3 Å². The third-order valence-electron chi connectivity index (χ3n) is 3.66. The van der Waals surface area contributed by atoms with Crippen molar-refractivity contribution in [3.8, 4) is 0 Å². The number of rotatable bonds is 3. The Labute approximate surface area is 143 Å². The maximum Gasteiger partial charge on any atom is 0.248 e. The maximum atomic E-state index is 12.0. The molecular formula is C20H22ClNO. The molecule has 2 nitrogen and oxygen atoms in total. The molecule has 1 N–H and O–H groups in total. The molecule has 0 atom stereocenters. The van der Waals surface area contributed by atoms with Gasteiger partial charge in [0.1, 0.15) is 0 Å². The molecule has 23 heavy (non-hydrogen) atoms. The monoisotopic (exact) mass is 327 g/mol. The van der Waals surface area contributed by atoms with Crippen LogP contribution in [0.2, 0.25) is 5.02 Å². The molecule has 2 rings (SSSR count). The summed E-state index contributed by atoms with van der Waals surface area (Å²) in [6, 6.07) is 13.7. The number of anilines is 1. The molecular weight excluding hydrogens is 306 g/mol. The highest BCUT2D eigenvalue weighted by molar-refractivity contribution is 6.31. The van der Waals surface area contributed by atoms with E-state index in [1.54, 1.807) is 12.1 Å². The molecule has 0 aliphatic carbocycles. The van der Waals surface area contributed by atoms with E-state index in [0.29, 0.717) is 5.02 Å². The van der Waals surface area contributed by atoms with Crippen molar-refractivity contribution in [1.82, 2.24) is 0 Å². The minimum absolute atomic E-state index is 0.129. The fraction of sp³-hybridized carbons (Fsp3) is 0.250. The van der Waals surface area contributed by atoms with E-state index in [0.717, 1.165) is 16.8 Å². The van der Waals surface area contributed by atoms with Gasteiger partial charge in [-0.1, -0.05) is 62.7 Å². The van der Waals surface area contributed by atoms with Gasteiger partial charge in [-0.3, -0.25) is 4.79 Å². The van der Waals surface area contributed by atoms with Crippen LogP contribution in [0.1, 0.15) is 37.5 Å². The number of aryl methyl sites for hydroxylation is 1. The van der Waals surface area contributed by atoms with E-state index in [2.05, 4.69) is 38.2 Å². The Morgan fingerprint density at radius 1 is 1.09 bits per heavy atom. The van der Waals surface area contributed by atoms with Gasteiger partial charge < -0.3 is 5.32 Å². The van der Waals surface area contributed by atoms with Gasteiger partial charge in [-0.05, 0) is 47.2 Å². The summed E-state index contributed by atoms with van der Waals surface area (Å²) in [5.41, 5.74) is 4.11. The Morgan fingerprint density at radius 2 is 1.74 bits per heavy atom. The summed E-state index contributed by atoms with van der Waals surface area (Å²) in [5.74, 6) is -0.171. The Morgan fingerprint density at radius 3 is 2.35 bits per heavy atom. The lowest BCUT2D eigenvalue weighted by molar-refractivity contribution is -0.111. The number of hydrogen-bond donors (Lipinski definition) is 1. The Kier molecular flexibility index (Phi) is 5.27. The number of nitrogens with one attached hydrogen (secondary N) is 1. The highest BCUT2D eigenvalue weighted by Crippen LogP contribution is 2.23. The SMILES string of the molecule is Cc1ccc(Cl)cc1NC(=O)/C=C/c1ccc(C(C)(C)C)cc1. The van der Waals surface area contributed by atoms with Gasteiger partial charge in [-0.2, -0.15) is 0 Å². The van der Waals surface area contributed by atoms with Crippen LogP contribution in [-0.4, -0.2) is 5.91 Å². The fourth-order valence-corrected chi connectivity index (χ4v) is 2.34. The number of hydrogen-bond acceptors (Lipinski definition) is 1. The van der Waals surface area contributed by atoms with E-state index in [9.17, 15) is 4.79 Å². The van der Waals surface area contributed by atoms with Gasteiger partial charge >= 0.3 is 0 Å². The quantitative estimate of drug-likeness (QED) is 0.731. The molecule has 0 radical (unpaired) electrons. The lowest BCUT2D eigenvalue weighted by Crippen LogP contribution is -2.10. The van der Waals surface area contributed by atoms with E-state index < -0.39 is 0 Å². The van der Waals surface area contributed by atoms with Crippen LogP contribution in [0.3, 0.4) is 0 Å². The summed E-state index contributed by atoms with van der Waals surface area (Å²) in [6.45, 7) is 8.47. The van der Waals surface area contributed by atoms with Gasteiger partial charge in [-0.25, -0.2) is 0 Å². The molecule has 0 aliphatic heterocycles. The second-order valence-corrected chi connectivity index (χ2v) is 7.09. The molecule has 3 heteroatoms. The van der Waals surface area contributed by atoms with E-state index in [1.807, 2.05) is 31.2 Å². The van der Waals surface area contributed by atoms with Crippen molar-refractivity contribution >= 4 is 29.3 Å². The third-order valence-corrected chi connectivity index (χ3v) is 3.90. The summed E-state index contributed by atoms with van der Waals surface area (Å²) in [5, 5.41) is 3.45. The second kappa shape index (κ2) is 7.01. The highest BCUT2D eigenvalue weighted by atomic mass is 35.5. The predicted octanol–water partition coefficient (Wildman–Crippen LogP) is 5.60. The number of carbonyl (C=O) groups is 1. The number of halogens is 1. The smallest absolute Gasteiger partial charge is 0.248 e. The van der Waals surface area contributed by atoms with Crippen LogP contribution in [-0.2, 0) is 10.2 Å². The first kappa shape index (κ1) is 17.3. The zero-order valence-electron chi connectivity index (χ0n) is 14.0. The lowest BCUT2D eigenvalue weighted by Gasteiger charge is -2.18. The molecule has 0 heterocycles. The van der Waals surface area contributed by atoms with E-state index >= 15 is 0 Å². The number of benzene rings is 2. The molecule has 2 aromatic carbocycles. The van der Waals surface area contributed by atoms with E-state index in [-0.39, 0.29) is 11.3 Å². The highest BCUT2D eigenvalue weighted by Gasteiger charge is 2.12. The minimum atomic E-state index is -0.171. The maximum absolute atomic E-state index is 12.0. The van der Waals surface area contributed by atoms with E-state index in [4.69, 9.17) is 11.6 Å². The van der Waals surface area contributed by atoms with Crippen LogP contribution < -0.4 is 5.32 Å². The summed E-state index contributed by atoms with van der Waals surface area (Å²) >= 11 is 5.96. The zero-order valence-corrected chi connectivity index (χ0v) is 14.7. The Hall–Kier alpha value is -2.06. The van der Waals surface area contributed by atoms with Gasteiger partial charge in [-0.15, -0.1) is 0 Å². The Balaban J connectivity index is 2.05. The van der Waals surface area contributed by atoms with Crippen LogP contribution in [0.4, 0.5) is 5.69 Å². The summed E-state index contributed by atoms with van der Waals surface area (Å²) < 4.78 is 0. The van der Waals surface area contributed by atoms with Crippen LogP contribution in [0, 0.1) is 6.92 Å². The van der Waals surface area contributed by atoms with Crippen LogP contribution >= 0.6 is 11.6 Å². The number of amides is 1. The summed E-state index contributed by atoms with van der Waals surface area (Å²) in [7, 11) is 0. The average molecular weight is 328 g/mol. The van der Waals surface area contributed by atoms with Crippen molar-refractivity contribution < 1.29 is 4.79 Å². The standard InChI is InChI=1S/C20H22ClNO/c1-14-5-11-17(21)13-18(14)22-19(23)12-8-15-6-9-16(10-7-15)20(2,3)4/h5-13H,1-4H3,(H,22,23)/b12-8+. The molecule has 0 aliphatic rings. The molecule has 0 fully saturated rings. The number of carbonyl (C=O) groups excluding carboxylic acids is 1. The predicted molar refractivity (Wildman–Crippen MR) is 99.0 cm³/mol. The van der Waals surface area contributed by atoms with Crippen molar-refractivity contribution in [1.29, 1.82) is 0 Å². The van der Waals surface area contributed by atoms with Gasteiger partial charge in [0.2, 0.25) is 5.91 Å². The summed E-state index contributed by atoms with van der Waals surface area (Å²) in [6.07, 6.45) is 3.34. The van der Waals surface area contributed by atoms with Crippen LogP contribution in [0.5, 0.6) is 0 Å². The molecule has 0 unspecified atom stereocenters. The van der Waals surface area contributed by atoms with Crippen LogP contribution in [0.15, 0.2) is 48.5 Å². The van der Waals surface area contributed by atoms with Crippen molar-refractivity contribution in [3.63, 3.8) is 0 Å². The topological polar surface area (TPSA) is 29.1 Å². The third kappa shape index (κ3) is 4.97. The first-order valence-electron chi connectivity index (χ1n) is 7.61. The minimum Gasteiger partial charge on any atom is -0.322 e. The molecule has 0 bridgehead atoms. The van der Waals surface area contributed by atoms with Crippen molar-refractivity contribution in [2.75, 3.05) is 5.32 Å². The van der Waals surface area contributed by atoms with Gasteiger partial charge in [0.05, 0.1) is 0 Å². The normalized spacial score (nSPS) is 11.7. The summed E-state index contributed by atoms with van der Waals surface area (Å²) in [4.78, 5) is 12.0. The average Bonchev–Trinajstić information content (AvgIpc) is 2.48. The molecule has 0 spiro atoms. The Bertz CT molecular complexity index is 724. The first-order chi connectivity index (χ1) is 10.8. The zero-order chi connectivity index (χ0) is 17.0. The van der Waals surface area contributed by atoms with Gasteiger partial charge in [0.25, 0.3) is 0 Å². The second-order valence-electron chi connectivity index (χ2n) is 6.65. The molecule has 1 amide bonds. The molecule has 0 saturated heterocycles. The van der Waals surface area contributed by atoms with Crippen molar-refractivity contribution in [2.24, 2.45) is 0 Å². The molecule has 120 valence electrons. The van der Waals surface area contributed by atoms with E-state index in [1.165, 1.54) is 11.6 Å². The van der Waals surface area contributed by atoms with Gasteiger partial charge in [0.15, 0.2) is 0 Å². The molecule has 0 saturated carbocycles. The largest absolute Gasteiger partial charge is 0.322 e. The van der Waals surface area contributed by atoms with Crippen LogP contribution in [0.25, 0.3) is 6.08 Å². The lowest BCUT2D eigenvalue weighted by atomic mass is 9.87. The fourth-order valence-electron chi connectivity index (χ4n) is 2.17. The first-order valence-corrected chi connectivity index (χ1v) is 7.99. The van der Waals surface area contributed by atoms with Crippen molar-refractivity contribution in [2.45, 2.75) is 33.1 Å². The molecule has 2 aromatic rings. The van der Waals surface area contributed by atoms with Gasteiger partial charge in [0, 0.05) is 16.8 Å².